The van der Waals surface area contributed by atoms with E-state index in [0.29, 0.717) is 18.5 Å². The summed E-state index contributed by atoms with van der Waals surface area (Å²) in [7, 11) is 0. The van der Waals surface area contributed by atoms with Crippen molar-refractivity contribution in [3.63, 3.8) is 0 Å². The highest BCUT2D eigenvalue weighted by Gasteiger charge is 2.49. The molecule has 0 atom stereocenters. The van der Waals surface area contributed by atoms with E-state index in [2.05, 4.69) is 5.32 Å². The Morgan fingerprint density at radius 3 is 1.96 bits per heavy atom. The van der Waals surface area contributed by atoms with Gasteiger partial charge < -0.3 is 5.32 Å². The predicted octanol–water partition coefficient (Wildman–Crippen LogP) is 3.97. The van der Waals surface area contributed by atoms with Crippen LogP contribution in [0, 0.1) is 0 Å². The maximum Gasteiger partial charge on any atom is 0.329 e. The maximum atomic E-state index is 12.7. The van der Waals surface area contributed by atoms with Crippen LogP contribution in [0.5, 0.6) is 0 Å². The minimum absolute atomic E-state index is 0.167. The third-order valence-corrected chi connectivity index (χ3v) is 4.60. The van der Waals surface area contributed by atoms with Gasteiger partial charge in [-0.1, -0.05) is 56.3 Å². The smallest absolute Gasteiger partial charge is 0.323 e. The van der Waals surface area contributed by atoms with Crippen LogP contribution >= 0.6 is 0 Å². The number of carbonyl (C=O) groups is 2. The van der Waals surface area contributed by atoms with E-state index in [9.17, 15) is 9.59 Å². The van der Waals surface area contributed by atoms with Crippen molar-refractivity contribution in [2.24, 2.45) is 0 Å². The summed E-state index contributed by atoms with van der Waals surface area (Å²) in [6.45, 7) is 3.84. The SMILES string of the molecule is CCC1(CC)NC(=O)N(c2ccc(-c3ccccc3)cc2)C1=O. The zero-order chi connectivity index (χ0) is 16.4. The Bertz CT molecular complexity index is 719. The van der Waals surface area contributed by atoms with Crippen LogP contribution in [-0.4, -0.2) is 17.5 Å². The molecule has 0 spiro atoms. The second kappa shape index (κ2) is 5.88. The normalized spacial score (nSPS) is 16.5. The van der Waals surface area contributed by atoms with Crippen LogP contribution in [0.25, 0.3) is 11.1 Å². The van der Waals surface area contributed by atoms with Crippen molar-refractivity contribution < 1.29 is 9.59 Å². The molecule has 1 aliphatic rings. The van der Waals surface area contributed by atoms with Gasteiger partial charge in [-0.05, 0) is 36.1 Å². The third-order valence-electron chi connectivity index (χ3n) is 4.60. The van der Waals surface area contributed by atoms with E-state index in [-0.39, 0.29) is 11.9 Å². The quantitative estimate of drug-likeness (QED) is 0.869. The lowest BCUT2D eigenvalue weighted by atomic mass is 9.93. The number of amides is 3. The van der Waals surface area contributed by atoms with Gasteiger partial charge in [0.25, 0.3) is 5.91 Å². The molecule has 23 heavy (non-hydrogen) atoms. The summed E-state index contributed by atoms with van der Waals surface area (Å²) >= 11 is 0. The number of hydrogen-bond acceptors (Lipinski definition) is 2. The summed E-state index contributed by atoms with van der Waals surface area (Å²) in [6, 6.07) is 17.2. The van der Waals surface area contributed by atoms with Gasteiger partial charge in [0.15, 0.2) is 0 Å². The van der Waals surface area contributed by atoms with E-state index < -0.39 is 5.54 Å². The first kappa shape index (κ1) is 15.3. The highest BCUT2D eigenvalue weighted by atomic mass is 16.2. The van der Waals surface area contributed by atoms with Crippen molar-refractivity contribution in [1.29, 1.82) is 0 Å². The Morgan fingerprint density at radius 2 is 1.43 bits per heavy atom. The first-order chi connectivity index (χ1) is 11.1. The first-order valence-electron chi connectivity index (χ1n) is 7.93. The summed E-state index contributed by atoms with van der Waals surface area (Å²) in [6.07, 6.45) is 1.18. The van der Waals surface area contributed by atoms with E-state index in [0.717, 1.165) is 11.1 Å². The Labute approximate surface area is 136 Å². The molecular formula is C19H20N2O2. The number of hydrogen-bond donors (Lipinski definition) is 1. The van der Waals surface area contributed by atoms with Crippen LogP contribution in [0.3, 0.4) is 0 Å². The molecule has 2 aromatic rings. The van der Waals surface area contributed by atoms with Gasteiger partial charge in [0, 0.05) is 0 Å². The van der Waals surface area contributed by atoms with E-state index in [4.69, 9.17) is 0 Å². The van der Waals surface area contributed by atoms with Crippen molar-refractivity contribution in [3.05, 3.63) is 54.6 Å². The zero-order valence-electron chi connectivity index (χ0n) is 13.4. The van der Waals surface area contributed by atoms with Gasteiger partial charge in [0.2, 0.25) is 0 Å². The predicted molar refractivity (Wildman–Crippen MR) is 91.2 cm³/mol. The number of anilines is 1. The molecule has 0 radical (unpaired) electrons. The largest absolute Gasteiger partial charge is 0.329 e. The second-order valence-corrected chi connectivity index (χ2v) is 5.77. The lowest BCUT2D eigenvalue weighted by Gasteiger charge is -2.23. The number of nitrogens with zero attached hydrogens (tertiary/aromatic N) is 1. The minimum atomic E-state index is -0.769. The van der Waals surface area contributed by atoms with Gasteiger partial charge in [0.1, 0.15) is 5.54 Å². The van der Waals surface area contributed by atoms with Gasteiger partial charge in [-0.2, -0.15) is 0 Å². The summed E-state index contributed by atoms with van der Waals surface area (Å²) in [5, 5.41) is 2.85. The molecular weight excluding hydrogens is 288 g/mol. The number of benzene rings is 2. The molecule has 0 unspecified atom stereocenters. The third kappa shape index (κ3) is 2.50. The highest BCUT2D eigenvalue weighted by Crippen LogP contribution is 2.30. The first-order valence-corrected chi connectivity index (χ1v) is 7.93. The zero-order valence-corrected chi connectivity index (χ0v) is 13.4. The Hall–Kier alpha value is -2.62. The number of carbonyl (C=O) groups excluding carboxylic acids is 2. The number of urea groups is 1. The topological polar surface area (TPSA) is 49.4 Å². The van der Waals surface area contributed by atoms with Gasteiger partial charge in [0.05, 0.1) is 5.69 Å². The van der Waals surface area contributed by atoms with Crippen LogP contribution in [0.15, 0.2) is 54.6 Å². The molecule has 0 bridgehead atoms. The van der Waals surface area contributed by atoms with Crippen LogP contribution in [-0.2, 0) is 4.79 Å². The van der Waals surface area contributed by atoms with Gasteiger partial charge in [-0.25, -0.2) is 9.69 Å². The molecule has 1 heterocycles. The van der Waals surface area contributed by atoms with Crippen molar-refractivity contribution in [1.82, 2.24) is 5.32 Å². The average molecular weight is 308 g/mol. The van der Waals surface area contributed by atoms with Crippen molar-refractivity contribution >= 4 is 17.6 Å². The molecule has 1 aliphatic heterocycles. The molecule has 2 aromatic carbocycles. The molecule has 1 fully saturated rings. The van der Waals surface area contributed by atoms with Crippen molar-refractivity contribution in [2.45, 2.75) is 32.2 Å². The van der Waals surface area contributed by atoms with Crippen LogP contribution < -0.4 is 10.2 Å². The van der Waals surface area contributed by atoms with Crippen LogP contribution in [0.2, 0.25) is 0 Å². The van der Waals surface area contributed by atoms with E-state index in [1.807, 2.05) is 68.4 Å². The monoisotopic (exact) mass is 308 g/mol. The molecule has 4 heteroatoms. The van der Waals surface area contributed by atoms with Gasteiger partial charge in [-0.3, -0.25) is 4.79 Å². The van der Waals surface area contributed by atoms with Crippen LogP contribution in [0.1, 0.15) is 26.7 Å². The van der Waals surface area contributed by atoms with Crippen molar-refractivity contribution in [3.8, 4) is 11.1 Å². The fraction of sp³-hybridized carbons (Fsp3) is 0.263. The molecule has 0 saturated carbocycles. The second-order valence-electron chi connectivity index (χ2n) is 5.77. The number of nitrogens with one attached hydrogen (secondary N) is 1. The fourth-order valence-corrected chi connectivity index (χ4v) is 3.02. The fourth-order valence-electron chi connectivity index (χ4n) is 3.02. The number of rotatable bonds is 4. The molecule has 118 valence electrons. The molecule has 0 aliphatic carbocycles. The lowest BCUT2D eigenvalue weighted by Crippen LogP contribution is -2.45. The summed E-state index contributed by atoms with van der Waals surface area (Å²) in [5.74, 6) is -0.167. The lowest BCUT2D eigenvalue weighted by molar-refractivity contribution is -0.122. The highest BCUT2D eigenvalue weighted by molar-refractivity contribution is 6.23. The minimum Gasteiger partial charge on any atom is -0.323 e. The summed E-state index contributed by atoms with van der Waals surface area (Å²) < 4.78 is 0. The van der Waals surface area contributed by atoms with Gasteiger partial charge >= 0.3 is 6.03 Å². The molecule has 0 aromatic heterocycles. The van der Waals surface area contributed by atoms with E-state index in [1.165, 1.54) is 4.90 Å². The van der Waals surface area contributed by atoms with E-state index >= 15 is 0 Å². The Morgan fingerprint density at radius 1 is 0.870 bits per heavy atom. The summed E-state index contributed by atoms with van der Waals surface area (Å²) in [4.78, 5) is 26.2. The van der Waals surface area contributed by atoms with Crippen molar-refractivity contribution in [2.75, 3.05) is 4.90 Å². The Kier molecular flexibility index (Phi) is 3.90. The number of imide groups is 1. The Balaban J connectivity index is 1.91. The molecule has 3 rings (SSSR count). The standard InChI is InChI=1S/C19H20N2O2/c1-3-19(4-2)17(22)21(18(23)20-19)16-12-10-15(11-13-16)14-8-6-5-7-9-14/h5-13H,3-4H2,1-2H3,(H,20,23). The molecule has 1 saturated heterocycles. The molecule has 4 nitrogen and oxygen atoms in total. The van der Waals surface area contributed by atoms with Crippen LogP contribution in [0.4, 0.5) is 10.5 Å². The van der Waals surface area contributed by atoms with Gasteiger partial charge in [-0.15, -0.1) is 0 Å². The molecule has 3 amide bonds. The van der Waals surface area contributed by atoms with E-state index in [1.54, 1.807) is 0 Å². The average Bonchev–Trinajstić information content (AvgIpc) is 2.86. The molecule has 1 N–H and O–H groups in total. The maximum absolute atomic E-state index is 12.7. The summed E-state index contributed by atoms with van der Waals surface area (Å²) in [5.41, 5.74) is 2.00.